The number of fused-ring (bicyclic) bond motifs is 1. The van der Waals surface area contributed by atoms with Crippen LogP contribution < -0.4 is 5.32 Å². The second kappa shape index (κ2) is 5.40. The van der Waals surface area contributed by atoms with E-state index >= 15 is 0 Å². The van der Waals surface area contributed by atoms with Crippen LogP contribution in [0, 0.1) is 0 Å². The van der Waals surface area contributed by atoms with Gasteiger partial charge in [0.25, 0.3) is 11.8 Å². The molecular formula is C15H8BrN3O4. The normalized spacial score (nSPS) is 11.0. The Balaban J connectivity index is 1.55. The van der Waals surface area contributed by atoms with Crippen molar-refractivity contribution < 1.29 is 18.0 Å². The van der Waals surface area contributed by atoms with Crippen molar-refractivity contribution in [2.45, 2.75) is 0 Å². The lowest BCUT2D eigenvalue weighted by atomic mass is 10.2. The molecule has 0 saturated carbocycles. The third-order valence-electron chi connectivity index (χ3n) is 3.08. The van der Waals surface area contributed by atoms with Crippen LogP contribution in [0.15, 0.2) is 60.4 Å². The zero-order valence-electron chi connectivity index (χ0n) is 11.4. The van der Waals surface area contributed by atoms with E-state index in [0.717, 1.165) is 5.39 Å². The molecule has 0 aliphatic carbocycles. The molecule has 114 valence electrons. The molecule has 0 aliphatic heterocycles. The lowest BCUT2D eigenvalue weighted by molar-refractivity contribution is 0.0996. The monoisotopic (exact) mass is 373 g/mol. The molecule has 0 unspecified atom stereocenters. The molecule has 0 aliphatic rings. The number of benzene rings is 1. The van der Waals surface area contributed by atoms with Gasteiger partial charge in [0.2, 0.25) is 0 Å². The first-order chi connectivity index (χ1) is 11.2. The lowest BCUT2D eigenvalue weighted by Gasteiger charge is -1.95. The number of para-hydroxylation sites is 1. The SMILES string of the molecule is O=C(Nc1nnc(-c2ccc(Br)o2)o1)c1cc2ccccc2o1. The Hall–Kier alpha value is -2.87. The topological polar surface area (TPSA) is 94.3 Å². The van der Waals surface area contributed by atoms with E-state index in [1.807, 2.05) is 18.2 Å². The van der Waals surface area contributed by atoms with Crippen LogP contribution in [0.4, 0.5) is 6.01 Å². The number of nitrogens with zero attached hydrogens (tertiary/aromatic N) is 2. The summed E-state index contributed by atoms with van der Waals surface area (Å²) in [5.74, 6) is 0.243. The Morgan fingerprint density at radius 3 is 2.70 bits per heavy atom. The molecule has 1 aromatic carbocycles. The van der Waals surface area contributed by atoms with Gasteiger partial charge in [-0.1, -0.05) is 23.3 Å². The average molecular weight is 374 g/mol. The molecular weight excluding hydrogens is 366 g/mol. The number of aromatic nitrogens is 2. The van der Waals surface area contributed by atoms with Gasteiger partial charge in [0, 0.05) is 5.39 Å². The zero-order chi connectivity index (χ0) is 15.8. The van der Waals surface area contributed by atoms with Gasteiger partial charge < -0.3 is 13.3 Å². The maximum atomic E-state index is 12.2. The standard InChI is InChI=1S/C15H8BrN3O4/c16-12-6-5-10(22-12)14-18-19-15(23-14)17-13(20)11-7-8-3-1-2-4-9(8)21-11/h1-7H,(H,17,19,20). The molecule has 0 atom stereocenters. The van der Waals surface area contributed by atoms with Crippen molar-refractivity contribution in [3.05, 3.63) is 52.9 Å². The molecule has 8 heteroatoms. The molecule has 0 saturated heterocycles. The zero-order valence-corrected chi connectivity index (χ0v) is 13.0. The Kier molecular flexibility index (Phi) is 3.23. The number of hydrogen-bond donors (Lipinski definition) is 1. The van der Waals surface area contributed by atoms with Crippen molar-refractivity contribution in [2.24, 2.45) is 0 Å². The van der Waals surface area contributed by atoms with E-state index in [4.69, 9.17) is 13.3 Å². The first-order valence-electron chi connectivity index (χ1n) is 6.58. The number of amides is 1. The molecule has 0 bridgehead atoms. The van der Waals surface area contributed by atoms with Gasteiger partial charge in [-0.15, -0.1) is 5.10 Å². The minimum absolute atomic E-state index is 0.0435. The van der Waals surface area contributed by atoms with E-state index in [0.29, 0.717) is 16.0 Å². The van der Waals surface area contributed by atoms with E-state index in [1.165, 1.54) is 0 Å². The van der Waals surface area contributed by atoms with Crippen molar-refractivity contribution in [3.8, 4) is 11.7 Å². The first kappa shape index (κ1) is 13.8. The third-order valence-corrected chi connectivity index (χ3v) is 3.50. The summed E-state index contributed by atoms with van der Waals surface area (Å²) >= 11 is 3.19. The predicted molar refractivity (Wildman–Crippen MR) is 83.9 cm³/mol. The van der Waals surface area contributed by atoms with Crippen LogP contribution in [0.25, 0.3) is 22.6 Å². The van der Waals surface area contributed by atoms with Crippen LogP contribution in [0.1, 0.15) is 10.6 Å². The Labute approximate surface area is 137 Å². The summed E-state index contributed by atoms with van der Waals surface area (Å²) in [6, 6.07) is 12.3. The van der Waals surface area contributed by atoms with Gasteiger partial charge in [-0.25, -0.2) is 0 Å². The second-order valence-electron chi connectivity index (χ2n) is 4.62. The van der Waals surface area contributed by atoms with Gasteiger partial charge in [-0.3, -0.25) is 10.1 Å². The smallest absolute Gasteiger partial charge is 0.323 e. The van der Waals surface area contributed by atoms with E-state index in [1.54, 1.807) is 24.3 Å². The highest BCUT2D eigenvalue weighted by molar-refractivity contribution is 9.10. The number of rotatable bonds is 3. The van der Waals surface area contributed by atoms with E-state index < -0.39 is 5.91 Å². The average Bonchev–Trinajstić information content (AvgIpc) is 3.25. The lowest BCUT2D eigenvalue weighted by Crippen LogP contribution is -2.10. The van der Waals surface area contributed by atoms with Crippen LogP contribution in [-0.4, -0.2) is 16.1 Å². The fraction of sp³-hybridized carbons (Fsp3) is 0. The number of nitrogens with one attached hydrogen (secondary N) is 1. The van der Waals surface area contributed by atoms with E-state index in [2.05, 4.69) is 31.4 Å². The molecule has 7 nitrogen and oxygen atoms in total. The Morgan fingerprint density at radius 2 is 1.91 bits per heavy atom. The quantitative estimate of drug-likeness (QED) is 0.581. The number of halogens is 1. The van der Waals surface area contributed by atoms with Gasteiger partial charge in [-0.05, 0) is 40.2 Å². The van der Waals surface area contributed by atoms with Crippen molar-refractivity contribution in [1.29, 1.82) is 0 Å². The molecule has 0 radical (unpaired) electrons. The number of hydrogen-bond acceptors (Lipinski definition) is 6. The van der Waals surface area contributed by atoms with Crippen molar-refractivity contribution >= 4 is 38.8 Å². The molecule has 1 amide bonds. The fourth-order valence-corrected chi connectivity index (χ4v) is 2.36. The van der Waals surface area contributed by atoms with E-state index in [9.17, 15) is 4.79 Å². The largest absolute Gasteiger partial charge is 0.451 e. The molecule has 3 heterocycles. The van der Waals surface area contributed by atoms with Crippen molar-refractivity contribution in [3.63, 3.8) is 0 Å². The molecule has 4 rings (SSSR count). The second-order valence-corrected chi connectivity index (χ2v) is 5.40. The van der Waals surface area contributed by atoms with Gasteiger partial charge in [0.05, 0.1) is 0 Å². The number of carbonyl (C=O) groups excluding carboxylic acids is 1. The summed E-state index contributed by atoms with van der Waals surface area (Å²) < 4.78 is 16.7. The minimum Gasteiger partial charge on any atom is -0.451 e. The molecule has 3 aromatic heterocycles. The number of anilines is 1. The number of carbonyl (C=O) groups is 1. The third kappa shape index (κ3) is 2.64. The summed E-state index contributed by atoms with van der Waals surface area (Å²) in [4.78, 5) is 12.2. The summed E-state index contributed by atoms with van der Waals surface area (Å²) in [7, 11) is 0. The highest BCUT2D eigenvalue weighted by Gasteiger charge is 2.17. The highest BCUT2D eigenvalue weighted by Crippen LogP contribution is 2.25. The Bertz CT molecular complexity index is 968. The molecule has 23 heavy (non-hydrogen) atoms. The first-order valence-corrected chi connectivity index (χ1v) is 7.37. The highest BCUT2D eigenvalue weighted by atomic mass is 79.9. The van der Waals surface area contributed by atoms with Gasteiger partial charge >= 0.3 is 6.01 Å². The maximum Gasteiger partial charge on any atom is 0.323 e. The molecule has 4 aromatic rings. The van der Waals surface area contributed by atoms with Gasteiger partial charge in [0.15, 0.2) is 16.2 Å². The molecule has 0 spiro atoms. The van der Waals surface area contributed by atoms with Crippen LogP contribution in [0.3, 0.4) is 0 Å². The summed E-state index contributed by atoms with van der Waals surface area (Å²) in [5, 5.41) is 10.9. The van der Waals surface area contributed by atoms with Crippen LogP contribution in [-0.2, 0) is 0 Å². The number of furan rings is 2. The fourth-order valence-electron chi connectivity index (χ4n) is 2.06. The van der Waals surface area contributed by atoms with E-state index in [-0.39, 0.29) is 17.7 Å². The van der Waals surface area contributed by atoms with Crippen LogP contribution in [0.2, 0.25) is 0 Å². The molecule has 1 N–H and O–H groups in total. The van der Waals surface area contributed by atoms with Gasteiger partial charge in [0.1, 0.15) is 5.58 Å². The van der Waals surface area contributed by atoms with Crippen molar-refractivity contribution in [2.75, 3.05) is 5.32 Å². The predicted octanol–water partition coefficient (Wildman–Crippen LogP) is 4.09. The van der Waals surface area contributed by atoms with Crippen molar-refractivity contribution in [1.82, 2.24) is 10.2 Å². The minimum atomic E-state index is -0.475. The van der Waals surface area contributed by atoms with Crippen LogP contribution in [0.5, 0.6) is 0 Å². The summed E-state index contributed by atoms with van der Waals surface area (Å²) in [6.45, 7) is 0. The summed E-state index contributed by atoms with van der Waals surface area (Å²) in [6.07, 6.45) is 0. The van der Waals surface area contributed by atoms with Gasteiger partial charge in [-0.2, -0.15) is 0 Å². The Morgan fingerprint density at radius 1 is 1.04 bits per heavy atom. The van der Waals surface area contributed by atoms with Crippen LogP contribution >= 0.6 is 15.9 Å². The summed E-state index contributed by atoms with van der Waals surface area (Å²) in [5.41, 5.74) is 0.629. The molecule has 0 fully saturated rings. The maximum absolute atomic E-state index is 12.2.